The van der Waals surface area contributed by atoms with Gasteiger partial charge in [-0.1, -0.05) is 15.9 Å². The normalized spacial score (nSPS) is 13.7. The highest BCUT2D eigenvalue weighted by Gasteiger charge is 2.17. The third kappa shape index (κ3) is 2.51. The summed E-state index contributed by atoms with van der Waals surface area (Å²) in [4.78, 5) is 0. The number of hydrogen-bond donors (Lipinski definition) is 1. The Balaban J connectivity index is 2.15. The fraction of sp³-hybridized carbons (Fsp3) is 0.455. The molecule has 3 nitrogen and oxygen atoms in total. The first-order valence-electron chi connectivity index (χ1n) is 5.03. The van der Waals surface area contributed by atoms with E-state index >= 15 is 0 Å². The van der Waals surface area contributed by atoms with Crippen LogP contribution < -0.4 is 10.5 Å². The van der Waals surface area contributed by atoms with E-state index in [9.17, 15) is 0 Å². The Labute approximate surface area is 97.7 Å². The van der Waals surface area contributed by atoms with E-state index in [0.29, 0.717) is 19.8 Å². The molecular formula is C11H14BrNO2. The van der Waals surface area contributed by atoms with Crippen LogP contribution in [0.5, 0.6) is 5.75 Å². The topological polar surface area (TPSA) is 44.5 Å². The van der Waals surface area contributed by atoms with Crippen molar-refractivity contribution < 1.29 is 9.47 Å². The van der Waals surface area contributed by atoms with E-state index in [0.717, 1.165) is 28.8 Å². The standard InChI is InChI=1S/C11H14BrNO2/c12-10-5-8-1-3-15-11(8)9(6-10)7-14-4-2-13/h5-6H,1-4,7,13H2. The second kappa shape index (κ2) is 4.96. The van der Waals surface area contributed by atoms with Gasteiger partial charge in [0.1, 0.15) is 5.75 Å². The molecule has 1 aliphatic heterocycles. The van der Waals surface area contributed by atoms with Crippen molar-refractivity contribution in [2.24, 2.45) is 5.73 Å². The smallest absolute Gasteiger partial charge is 0.128 e. The van der Waals surface area contributed by atoms with Crippen molar-refractivity contribution in [3.8, 4) is 5.75 Å². The Bertz CT molecular complexity index is 355. The van der Waals surface area contributed by atoms with Gasteiger partial charge in [-0.15, -0.1) is 0 Å². The second-order valence-corrected chi connectivity index (χ2v) is 4.41. The molecule has 0 atom stereocenters. The van der Waals surface area contributed by atoms with E-state index in [4.69, 9.17) is 15.2 Å². The van der Waals surface area contributed by atoms with Crippen LogP contribution in [0, 0.1) is 0 Å². The zero-order valence-corrected chi connectivity index (χ0v) is 10.0. The molecule has 0 saturated heterocycles. The highest BCUT2D eigenvalue weighted by atomic mass is 79.9. The quantitative estimate of drug-likeness (QED) is 0.851. The van der Waals surface area contributed by atoms with Crippen molar-refractivity contribution in [2.75, 3.05) is 19.8 Å². The lowest BCUT2D eigenvalue weighted by Gasteiger charge is -2.09. The molecule has 2 N–H and O–H groups in total. The molecule has 0 fully saturated rings. The maximum absolute atomic E-state index is 5.58. The Morgan fingerprint density at radius 2 is 2.33 bits per heavy atom. The SMILES string of the molecule is NCCOCc1cc(Br)cc2c1OCC2. The van der Waals surface area contributed by atoms with Crippen molar-refractivity contribution >= 4 is 15.9 Å². The zero-order chi connectivity index (χ0) is 10.7. The molecule has 1 heterocycles. The van der Waals surface area contributed by atoms with Gasteiger partial charge in [0.05, 0.1) is 19.8 Å². The molecule has 15 heavy (non-hydrogen) atoms. The Hall–Kier alpha value is -0.580. The van der Waals surface area contributed by atoms with Gasteiger partial charge in [0.25, 0.3) is 0 Å². The first-order chi connectivity index (χ1) is 7.31. The molecule has 1 aromatic carbocycles. The molecule has 2 rings (SSSR count). The number of benzene rings is 1. The molecule has 0 saturated carbocycles. The number of fused-ring (bicyclic) bond motifs is 1. The van der Waals surface area contributed by atoms with Gasteiger partial charge < -0.3 is 15.2 Å². The van der Waals surface area contributed by atoms with Gasteiger partial charge in [0.15, 0.2) is 0 Å². The number of nitrogens with two attached hydrogens (primary N) is 1. The predicted octanol–water partition coefficient (Wildman–Crippen LogP) is 1.86. The summed E-state index contributed by atoms with van der Waals surface area (Å²) >= 11 is 3.49. The monoisotopic (exact) mass is 271 g/mol. The van der Waals surface area contributed by atoms with Crippen molar-refractivity contribution in [3.05, 3.63) is 27.7 Å². The van der Waals surface area contributed by atoms with Gasteiger partial charge in [-0.25, -0.2) is 0 Å². The van der Waals surface area contributed by atoms with Gasteiger partial charge in [-0.2, -0.15) is 0 Å². The molecule has 0 bridgehead atoms. The zero-order valence-electron chi connectivity index (χ0n) is 8.46. The summed E-state index contributed by atoms with van der Waals surface area (Å²) in [6, 6.07) is 4.15. The van der Waals surface area contributed by atoms with Gasteiger partial charge in [0.2, 0.25) is 0 Å². The van der Waals surface area contributed by atoms with Crippen LogP contribution in [0.2, 0.25) is 0 Å². The largest absolute Gasteiger partial charge is 0.493 e. The highest BCUT2D eigenvalue weighted by molar-refractivity contribution is 9.10. The van der Waals surface area contributed by atoms with Crippen LogP contribution in [-0.2, 0) is 17.8 Å². The molecule has 0 radical (unpaired) electrons. The molecule has 0 aromatic heterocycles. The lowest BCUT2D eigenvalue weighted by molar-refractivity contribution is 0.126. The number of ether oxygens (including phenoxy) is 2. The van der Waals surface area contributed by atoms with Crippen LogP contribution in [0.1, 0.15) is 11.1 Å². The molecule has 0 spiro atoms. The minimum Gasteiger partial charge on any atom is -0.493 e. The van der Waals surface area contributed by atoms with E-state index in [2.05, 4.69) is 22.0 Å². The van der Waals surface area contributed by atoms with Crippen molar-refractivity contribution in [1.29, 1.82) is 0 Å². The number of hydrogen-bond acceptors (Lipinski definition) is 3. The summed E-state index contributed by atoms with van der Waals surface area (Å²) in [7, 11) is 0. The van der Waals surface area contributed by atoms with Crippen LogP contribution >= 0.6 is 15.9 Å². The Kier molecular flexibility index (Phi) is 3.61. The summed E-state index contributed by atoms with van der Waals surface area (Å²) in [5, 5.41) is 0. The van der Waals surface area contributed by atoms with Crippen LogP contribution in [-0.4, -0.2) is 19.8 Å². The van der Waals surface area contributed by atoms with E-state index in [-0.39, 0.29) is 0 Å². The molecule has 1 aromatic rings. The lowest BCUT2D eigenvalue weighted by atomic mass is 10.1. The second-order valence-electron chi connectivity index (χ2n) is 3.49. The maximum atomic E-state index is 5.58. The summed E-state index contributed by atoms with van der Waals surface area (Å²) in [6.07, 6.45) is 0.985. The van der Waals surface area contributed by atoms with Crippen LogP contribution in [0.25, 0.3) is 0 Å². The predicted molar refractivity (Wildman–Crippen MR) is 62.1 cm³/mol. The third-order valence-electron chi connectivity index (χ3n) is 2.35. The van der Waals surface area contributed by atoms with Gasteiger partial charge in [-0.3, -0.25) is 0 Å². The Morgan fingerprint density at radius 3 is 3.13 bits per heavy atom. The molecule has 0 amide bonds. The number of rotatable bonds is 4. The summed E-state index contributed by atoms with van der Waals surface area (Å²) in [6.45, 7) is 2.48. The molecule has 82 valence electrons. The maximum Gasteiger partial charge on any atom is 0.128 e. The number of halogens is 1. The molecule has 0 aliphatic carbocycles. The molecule has 1 aliphatic rings. The molecular weight excluding hydrogens is 258 g/mol. The van der Waals surface area contributed by atoms with Gasteiger partial charge >= 0.3 is 0 Å². The van der Waals surface area contributed by atoms with E-state index in [1.54, 1.807) is 0 Å². The van der Waals surface area contributed by atoms with Crippen molar-refractivity contribution in [3.63, 3.8) is 0 Å². The fourth-order valence-corrected chi connectivity index (χ4v) is 2.27. The minimum absolute atomic E-state index is 0.553. The average molecular weight is 272 g/mol. The van der Waals surface area contributed by atoms with Crippen LogP contribution in [0.15, 0.2) is 16.6 Å². The Morgan fingerprint density at radius 1 is 1.47 bits per heavy atom. The highest BCUT2D eigenvalue weighted by Crippen LogP contribution is 2.33. The summed E-state index contributed by atoms with van der Waals surface area (Å²) in [5.74, 6) is 0.996. The van der Waals surface area contributed by atoms with Crippen molar-refractivity contribution in [2.45, 2.75) is 13.0 Å². The van der Waals surface area contributed by atoms with E-state index < -0.39 is 0 Å². The van der Waals surface area contributed by atoms with Gasteiger partial charge in [0, 0.05) is 23.0 Å². The lowest BCUT2D eigenvalue weighted by Crippen LogP contribution is -2.08. The average Bonchev–Trinajstić information content (AvgIpc) is 2.65. The van der Waals surface area contributed by atoms with Crippen molar-refractivity contribution in [1.82, 2.24) is 0 Å². The molecule has 4 heteroatoms. The van der Waals surface area contributed by atoms with Gasteiger partial charge in [-0.05, 0) is 17.7 Å². The summed E-state index contributed by atoms with van der Waals surface area (Å²) < 4.78 is 12.1. The van der Waals surface area contributed by atoms with E-state index in [1.807, 2.05) is 6.07 Å². The van der Waals surface area contributed by atoms with E-state index in [1.165, 1.54) is 5.56 Å². The van der Waals surface area contributed by atoms with Crippen LogP contribution in [0.4, 0.5) is 0 Å². The first-order valence-corrected chi connectivity index (χ1v) is 5.82. The first kappa shape index (κ1) is 10.9. The minimum atomic E-state index is 0.553. The molecule has 0 unspecified atom stereocenters. The van der Waals surface area contributed by atoms with Crippen LogP contribution in [0.3, 0.4) is 0 Å². The summed E-state index contributed by atoms with van der Waals surface area (Å²) in [5.41, 5.74) is 7.73. The fourth-order valence-electron chi connectivity index (χ4n) is 1.72. The third-order valence-corrected chi connectivity index (χ3v) is 2.80.